The van der Waals surface area contributed by atoms with Gasteiger partial charge in [-0.3, -0.25) is 0 Å². The fourth-order valence-electron chi connectivity index (χ4n) is 2.59. The van der Waals surface area contributed by atoms with Crippen molar-refractivity contribution < 1.29 is 4.74 Å². The molecule has 1 atom stereocenters. The zero-order valence-corrected chi connectivity index (χ0v) is 13.4. The van der Waals surface area contributed by atoms with Crippen LogP contribution in [0.15, 0.2) is 22.7 Å². The van der Waals surface area contributed by atoms with Crippen LogP contribution in [0.1, 0.15) is 18.9 Å². The van der Waals surface area contributed by atoms with Gasteiger partial charge in [-0.15, -0.1) is 0 Å². The standard InChI is InChI=1S/C15H23BrN2O/c1-3-18-7-6-12(11-18)9-17-10-13-8-14(19-2)4-5-15(13)16/h4-5,8,12,17H,3,6-7,9-11H2,1-2H3. The maximum absolute atomic E-state index is 5.26. The lowest BCUT2D eigenvalue weighted by atomic mass is 10.1. The molecule has 1 aliphatic heterocycles. The van der Waals surface area contributed by atoms with Crippen molar-refractivity contribution in [2.24, 2.45) is 5.92 Å². The molecule has 1 saturated heterocycles. The largest absolute Gasteiger partial charge is 0.497 e. The number of nitrogens with zero attached hydrogens (tertiary/aromatic N) is 1. The number of likely N-dealkylation sites (tertiary alicyclic amines) is 1. The van der Waals surface area contributed by atoms with Crippen molar-refractivity contribution in [2.45, 2.75) is 19.9 Å². The zero-order chi connectivity index (χ0) is 13.7. The van der Waals surface area contributed by atoms with Crippen molar-refractivity contribution in [3.8, 4) is 5.75 Å². The normalized spacial score (nSPS) is 19.8. The van der Waals surface area contributed by atoms with E-state index in [0.29, 0.717) is 0 Å². The summed E-state index contributed by atoms with van der Waals surface area (Å²) in [5.41, 5.74) is 1.25. The van der Waals surface area contributed by atoms with Gasteiger partial charge in [0.2, 0.25) is 0 Å². The van der Waals surface area contributed by atoms with Crippen LogP contribution in [-0.4, -0.2) is 38.2 Å². The molecule has 1 heterocycles. The quantitative estimate of drug-likeness (QED) is 0.869. The van der Waals surface area contributed by atoms with Crippen LogP contribution >= 0.6 is 15.9 Å². The predicted molar refractivity (Wildman–Crippen MR) is 82.6 cm³/mol. The lowest BCUT2D eigenvalue weighted by Gasteiger charge is -2.14. The van der Waals surface area contributed by atoms with Gasteiger partial charge in [0.1, 0.15) is 5.75 Å². The molecule has 0 radical (unpaired) electrons. The number of hydrogen-bond donors (Lipinski definition) is 1. The smallest absolute Gasteiger partial charge is 0.119 e. The van der Waals surface area contributed by atoms with Gasteiger partial charge in [0.15, 0.2) is 0 Å². The molecular weight excluding hydrogens is 304 g/mol. The second-order valence-electron chi connectivity index (χ2n) is 5.14. The van der Waals surface area contributed by atoms with Gasteiger partial charge in [-0.1, -0.05) is 22.9 Å². The highest BCUT2D eigenvalue weighted by atomic mass is 79.9. The maximum Gasteiger partial charge on any atom is 0.119 e. The minimum Gasteiger partial charge on any atom is -0.497 e. The summed E-state index contributed by atoms with van der Waals surface area (Å²) < 4.78 is 6.40. The Labute approximate surface area is 124 Å². The lowest BCUT2D eigenvalue weighted by Crippen LogP contribution is -2.26. The van der Waals surface area contributed by atoms with Crippen molar-refractivity contribution in [1.29, 1.82) is 0 Å². The first-order valence-corrected chi connectivity index (χ1v) is 7.77. The lowest BCUT2D eigenvalue weighted by molar-refractivity contribution is 0.339. The minimum absolute atomic E-state index is 0.796. The minimum atomic E-state index is 0.796. The van der Waals surface area contributed by atoms with Gasteiger partial charge in [0.05, 0.1) is 7.11 Å². The van der Waals surface area contributed by atoms with Gasteiger partial charge >= 0.3 is 0 Å². The first kappa shape index (κ1) is 14.8. The summed E-state index contributed by atoms with van der Waals surface area (Å²) in [6.07, 6.45) is 1.32. The van der Waals surface area contributed by atoms with Crippen molar-refractivity contribution in [2.75, 3.05) is 33.3 Å². The average Bonchev–Trinajstić information content (AvgIpc) is 2.89. The van der Waals surface area contributed by atoms with Gasteiger partial charge in [-0.05, 0) is 55.7 Å². The van der Waals surface area contributed by atoms with Crippen LogP contribution in [0.2, 0.25) is 0 Å². The van der Waals surface area contributed by atoms with Crippen LogP contribution in [0.4, 0.5) is 0 Å². The second-order valence-corrected chi connectivity index (χ2v) is 5.99. The van der Waals surface area contributed by atoms with E-state index in [9.17, 15) is 0 Å². The molecule has 0 saturated carbocycles. The first-order chi connectivity index (χ1) is 9.22. The molecule has 1 aliphatic rings. The average molecular weight is 327 g/mol. The SMILES string of the molecule is CCN1CCC(CNCc2cc(OC)ccc2Br)C1. The molecule has 0 aliphatic carbocycles. The molecule has 4 heteroatoms. The van der Waals surface area contributed by atoms with Crippen LogP contribution in [0.3, 0.4) is 0 Å². The van der Waals surface area contributed by atoms with Gasteiger partial charge in [-0.2, -0.15) is 0 Å². The maximum atomic E-state index is 5.26. The molecule has 1 N–H and O–H groups in total. The summed E-state index contributed by atoms with van der Waals surface area (Å²) in [4.78, 5) is 2.52. The molecule has 1 aromatic carbocycles. The van der Waals surface area contributed by atoms with Gasteiger partial charge in [-0.25, -0.2) is 0 Å². The van der Waals surface area contributed by atoms with Crippen molar-refractivity contribution >= 4 is 15.9 Å². The van der Waals surface area contributed by atoms with E-state index in [2.05, 4.69) is 39.1 Å². The third-order valence-electron chi connectivity index (χ3n) is 3.82. The highest BCUT2D eigenvalue weighted by Crippen LogP contribution is 2.22. The van der Waals surface area contributed by atoms with E-state index < -0.39 is 0 Å². The number of nitrogens with one attached hydrogen (secondary N) is 1. The van der Waals surface area contributed by atoms with Crippen LogP contribution < -0.4 is 10.1 Å². The van der Waals surface area contributed by atoms with E-state index in [4.69, 9.17) is 4.74 Å². The second kappa shape index (κ2) is 7.27. The van der Waals surface area contributed by atoms with Gasteiger partial charge in [0.25, 0.3) is 0 Å². The molecule has 1 unspecified atom stereocenters. The first-order valence-electron chi connectivity index (χ1n) is 6.98. The van der Waals surface area contributed by atoms with Crippen LogP contribution in [0.25, 0.3) is 0 Å². The Morgan fingerprint density at radius 2 is 2.32 bits per heavy atom. The van der Waals surface area contributed by atoms with E-state index in [1.54, 1.807) is 7.11 Å². The molecule has 0 amide bonds. The number of benzene rings is 1. The van der Waals surface area contributed by atoms with Crippen molar-refractivity contribution in [1.82, 2.24) is 10.2 Å². The molecule has 19 heavy (non-hydrogen) atoms. The van der Waals surface area contributed by atoms with E-state index in [-0.39, 0.29) is 0 Å². The van der Waals surface area contributed by atoms with Gasteiger partial charge < -0.3 is 15.0 Å². The third-order valence-corrected chi connectivity index (χ3v) is 4.59. The topological polar surface area (TPSA) is 24.5 Å². The number of hydrogen-bond acceptors (Lipinski definition) is 3. The Bertz CT molecular complexity index is 411. The summed E-state index contributed by atoms with van der Waals surface area (Å²) >= 11 is 3.59. The summed E-state index contributed by atoms with van der Waals surface area (Å²) in [5, 5.41) is 3.57. The molecule has 1 fully saturated rings. The number of rotatable bonds is 6. The zero-order valence-electron chi connectivity index (χ0n) is 11.8. The molecular formula is C15H23BrN2O. The fraction of sp³-hybridized carbons (Fsp3) is 0.600. The highest BCUT2D eigenvalue weighted by Gasteiger charge is 2.20. The summed E-state index contributed by atoms with van der Waals surface area (Å²) in [5.74, 6) is 1.71. The Morgan fingerprint density at radius 3 is 3.00 bits per heavy atom. The molecule has 3 nitrogen and oxygen atoms in total. The van der Waals surface area contributed by atoms with Crippen LogP contribution in [0.5, 0.6) is 5.75 Å². The molecule has 1 aromatic rings. The Hall–Kier alpha value is -0.580. The summed E-state index contributed by atoms with van der Waals surface area (Å²) in [6.45, 7) is 7.90. The molecule has 0 aromatic heterocycles. The Kier molecular flexibility index (Phi) is 5.67. The molecule has 106 valence electrons. The Morgan fingerprint density at radius 1 is 1.47 bits per heavy atom. The Balaban J connectivity index is 1.79. The van der Waals surface area contributed by atoms with E-state index in [0.717, 1.165) is 29.2 Å². The monoisotopic (exact) mass is 326 g/mol. The van der Waals surface area contributed by atoms with Crippen molar-refractivity contribution in [3.63, 3.8) is 0 Å². The van der Waals surface area contributed by atoms with E-state index in [1.807, 2.05) is 12.1 Å². The number of ether oxygens (including phenoxy) is 1. The van der Waals surface area contributed by atoms with Gasteiger partial charge in [0, 0.05) is 17.6 Å². The summed E-state index contributed by atoms with van der Waals surface area (Å²) in [6, 6.07) is 6.11. The summed E-state index contributed by atoms with van der Waals surface area (Å²) in [7, 11) is 1.71. The molecule has 0 spiro atoms. The number of methoxy groups -OCH3 is 1. The predicted octanol–water partition coefficient (Wildman–Crippen LogP) is 2.89. The van der Waals surface area contributed by atoms with E-state index >= 15 is 0 Å². The number of halogens is 1. The molecule has 2 rings (SSSR count). The van der Waals surface area contributed by atoms with E-state index in [1.165, 1.54) is 31.6 Å². The fourth-order valence-corrected chi connectivity index (χ4v) is 2.98. The van der Waals surface area contributed by atoms with Crippen LogP contribution in [-0.2, 0) is 6.54 Å². The van der Waals surface area contributed by atoms with Crippen LogP contribution in [0, 0.1) is 5.92 Å². The van der Waals surface area contributed by atoms with Crippen molar-refractivity contribution in [3.05, 3.63) is 28.2 Å². The highest BCUT2D eigenvalue weighted by molar-refractivity contribution is 9.10. The third kappa shape index (κ3) is 4.20. The molecule has 0 bridgehead atoms.